The molecular weight excluding hydrogens is 449 g/mol. The first-order chi connectivity index (χ1) is 9.67. The van der Waals surface area contributed by atoms with Gasteiger partial charge in [-0.25, -0.2) is 9.97 Å². The van der Waals surface area contributed by atoms with Gasteiger partial charge in [0.25, 0.3) is 0 Å². The fraction of sp³-hybridized carbons (Fsp3) is 0.429. The molecule has 0 fully saturated rings. The van der Waals surface area contributed by atoms with Crippen LogP contribution in [0, 0.1) is 3.57 Å². The minimum Gasteiger partial charge on any atom is -0.369 e. The molecule has 0 aliphatic heterocycles. The van der Waals surface area contributed by atoms with Crippen LogP contribution >= 0.6 is 49.9 Å². The van der Waals surface area contributed by atoms with E-state index in [1.165, 1.54) is 0 Å². The molecule has 3 nitrogen and oxygen atoms in total. The maximum absolute atomic E-state index is 4.76. The van der Waals surface area contributed by atoms with Crippen LogP contribution in [0.4, 0.5) is 5.82 Å². The summed E-state index contributed by atoms with van der Waals surface area (Å²) in [5.74, 6) is 1.77. The van der Waals surface area contributed by atoms with Crippen LogP contribution in [0.3, 0.4) is 0 Å². The van der Waals surface area contributed by atoms with E-state index in [-0.39, 0.29) is 0 Å². The van der Waals surface area contributed by atoms with E-state index in [0.717, 1.165) is 56.1 Å². The van der Waals surface area contributed by atoms with Gasteiger partial charge in [-0.05, 0) is 62.8 Å². The molecule has 2 heterocycles. The van der Waals surface area contributed by atoms with Gasteiger partial charge in [-0.3, -0.25) is 0 Å². The maximum atomic E-state index is 4.76. The molecule has 2 aromatic rings. The zero-order valence-electron chi connectivity index (χ0n) is 11.5. The molecule has 0 aliphatic rings. The number of aryl methyl sites for hydroxylation is 1. The van der Waals surface area contributed by atoms with Crippen molar-refractivity contribution in [2.24, 2.45) is 0 Å². The molecule has 0 saturated heterocycles. The Labute approximate surface area is 145 Å². The number of nitrogens with one attached hydrogen (secondary N) is 1. The van der Waals surface area contributed by atoms with Crippen LogP contribution in [0.1, 0.15) is 32.4 Å². The Morgan fingerprint density at radius 2 is 2.10 bits per heavy atom. The van der Waals surface area contributed by atoms with E-state index in [1.807, 2.05) is 6.07 Å². The minimum absolute atomic E-state index is 0.814. The second-order valence-electron chi connectivity index (χ2n) is 4.43. The van der Waals surface area contributed by atoms with Crippen molar-refractivity contribution in [3.63, 3.8) is 0 Å². The van der Waals surface area contributed by atoms with Crippen molar-refractivity contribution in [2.75, 3.05) is 11.9 Å². The third-order valence-electron chi connectivity index (χ3n) is 2.77. The summed E-state index contributed by atoms with van der Waals surface area (Å²) in [5.41, 5.74) is 1.14. The number of aromatic nitrogens is 2. The quantitative estimate of drug-likeness (QED) is 0.584. The van der Waals surface area contributed by atoms with Crippen molar-refractivity contribution in [3.05, 3.63) is 25.2 Å². The Hall–Kier alpha value is -0.210. The summed E-state index contributed by atoms with van der Waals surface area (Å²) in [5, 5.41) is 5.47. The number of nitrogens with zero attached hydrogens (tertiary/aromatic N) is 2. The third-order valence-corrected chi connectivity index (χ3v) is 5.74. The highest BCUT2D eigenvalue weighted by Gasteiger charge is 2.15. The van der Waals surface area contributed by atoms with Gasteiger partial charge in [0.2, 0.25) is 0 Å². The van der Waals surface area contributed by atoms with Gasteiger partial charge < -0.3 is 5.32 Å². The molecule has 0 bridgehead atoms. The number of hydrogen-bond acceptors (Lipinski definition) is 4. The smallest absolute Gasteiger partial charge is 0.173 e. The van der Waals surface area contributed by atoms with Gasteiger partial charge >= 0.3 is 0 Å². The molecule has 6 heteroatoms. The van der Waals surface area contributed by atoms with Gasteiger partial charge in [-0.2, -0.15) is 0 Å². The Morgan fingerprint density at radius 1 is 1.30 bits per heavy atom. The van der Waals surface area contributed by atoms with Crippen molar-refractivity contribution < 1.29 is 0 Å². The van der Waals surface area contributed by atoms with Crippen molar-refractivity contribution >= 4 is 55.7 Å². The monoisotopic (exact) mass is 465 g/mol. The maximum Gasteiger partial charge on any atom is 0.173 e. The molecule has 20 heavy (non-hydrogen) atoms. The van der Waals surface area contributed by atoms with Crippen molar-refractivity contribution in [2.45, 2.75) is 33.1 Å². The van der Waals surface area contributed by atoms with E-state index in [0.29, 0.717) is 0 Å². The number of thiophene rings is 1. The lowest BCUT2D eigenvalue weighted by atomic mass is 10.2. The first-order valence-electron chi connectivity index (χ1n) is 6.71. The lowest BCUT2D eigenvalue weighted by Gasteiger charge is -2.12. The minimum atomic E-state index is 0.814. The van der Waals surface area contributed by atoms with Gasteiger partial charge in [0.1, 0.15) is 5.82 Å². The number of rotatable bonds is 6. The van der Waals surface area contributed by atoms with Crippen LogP contribution in [0.2, 0.25) is 0 Å². The zero-order chi connectivity index (χ0) is 14.5. The van der Waals surface area contributed by atoms with Crippen molar-refractivity contribution in [1.82, 2.24) is 9.97 Å². The van der Waals surface area contributed by atoms with Gasteiger partial charge in [0, 0.05) is 11.0 Å². The molecule has 0 aliphatic carbocycles. The summed E-state index contributed by atoms with van der Waals surface area (Å²) in [7, 11) is 0. The summed E-state index contributed by atoms with van der Waals surface area (Å²) < 4.78 is 2.21. The van der Waals surface area contributed by atoms with Crippen LogP contribution < -0.4 is 5.32 Å². The van der Waals surface area contributed by atoms with Crippen molar-refractivity contribution in [3.8, 4) is 10.7 Å². The van der Waals surface area contributed by atoms with E-state index in [9.17, 15) is 0 Å². The standard InChI is InChI=1S/C14H17BrIN3S/c1-3-5-10-11(16)13(17-7-4-2)19-14(18-10)12-9(15)6-8-20-12/h6,8H,3-5,7H2,1-2H3,(H,17,18,19). The summed E-state index contributed by atoms with van der Waals surface area (Å²) in [6.07, 6.45) is 3.16. The molecule has 2 rings (SSSR count). The van der Waals surface area contributed by atoms with E-state index >= 15 is 0 Å². The second-order valence-corrected chi connectivity index (χ2v) is 7.28. The third kappa shape index (κ3) is 3.71. The highest BCUT2D eigenvalue weighted by Crippen LogP contribution is 2.33. The fourth-order valence-electron chi connectivity index (χ4n) is 1.81. The Kier molecular flexibility index (Phi) is 6.22. The molecule has 1 N–H and O–H groups in total. The largest absolute Gasteiger partial charge is 0.369 e. The van der Waals surface area contributed by atoms with Crippen LogP contribution in [0.15, 0.2) is 15.9 Å². The number of anilines is 1. The van der Waals surface area contributed by atoms with Crippen LogP contribution in [-0.2, 0) is 6.42 Å². The predicted molar refractivity (Wildman–Crippen MR) is 98.5 cm³/mol. The van der Waals surface area contributed by atoms with Gasteiger partial charge in [0.15, 0.2) is 5.82 Å². The Bertz CT molecular complexity index is 586. The highest BCUT2D eigenvalue weighted by molar-refractivity contribution is 14.1. The Balaban J connectivity index is 2.46. The van der Waals surface area contributed by atoms with Gasteiger partial charge in [0.05, 0.1) is 14.1 Å². The number of halogens is 2. The topological polar surface area (TPSA) is 37.8 Å². The lowest BCUT2D eigenvalue weighted by molar-refractivity contribution is 0.864. The molecule has 108 valence electrons. The molecule has 0 amide bonds. The average molecular weight is 466 g/mol. The zero-order valence-corrected chi connectivity index (χ0v) is 16.1. The molecule has 0 saturated carbocycles. The Morgan fingerprint density at radius 3 is 2.70 bits per heavy atom. The molecule has 0 spiro atoms. The second kappa shape index (κ2) is 7.70. The predicted octanol–water partition coefficient (Wildman–Crippen LogP) is 5.35. The van der Waals surface area contributed by atoms with Crippen LogP contribution in [-0.4, -0.2) is 16.5 Å². The summed E-state index contributed by atoms with van der Waals surface area (Å²) in [6.45, 7) is 5.27. The average Bonchev–Trinajstić information content (AvgIpc) is 2.86. The molecular formula is C14H17BrIN3S. The van der Waals surface area contributed by atoms with E-state index in [4.69, 9.17) is 9.97 Å². The normalized spacial score (nSPS) is 10.8. The molecule has 0 atom stereocenters. The number of hydrogen-bond donors (Lipinski definition) is 1. The molecule has 0 unspecified atom stereocenters. The van der Waals surface area contributed by atoms with E-state index < -0.39 is 0 Å². The summed E-state index contributed by atoms with van der Waals surface area (Å²) >= 11 is 7.59. The van der Waals surface area contributed by atoms with Crippen LogP contribution in [0.25, 0.3) is 10.7 Å². The molecule has 0 radical (unpaired) electrons. The van der Waals surface area contributed by atoms with Gasteiger partial charge in [-0.1, -0.05) is 20.3 Å². The lowest BCUT2D eigenvalue weighted by Crippen LogP contribution is -2.09. The summed E-state index contributed by atoms with van der Waals surface area (Å²) in [4.78, 5) is 10.6. The van der Waals surface area contributed by atoms with Gasteiger partial charge in [-0.15, -0.1) is 11.3 Å². The first kappa shape index (κ1) is 16.2. The van der Waals surface area contributed by atoms with Crippen LogP contribution in [0.5, 0.6) is 0 Å². The first-order valence-corrected chi connectivity index (χ1v) is 9.46. The highest BCUT2D eigenvalue weighted by atomic mass is 127. The molecule has 2 aromatic heterocycles. The fourth-order valence-corrected chi connectivity index (χ4v) is 4.00. The van der Waals surface area contributed by atoms with E-state index in [1.54, 1.807) is 11.3 Å². The van der Waals surface area contributed by atoms with Crippen molar-refractivity contribution in [1.29, 1.82) is 0 Å². The SMILES string of the molecule is CCCNc1nc(-c2sccc2Br)nc(CCC)c1I. The summed E-state index contributed by atoms with van der Waals surface area (Å²) in [6, 6.07) is 2.04. The van der Waals surface area contributed by atoms with E-state index in [2.05, 4.69) is 63.1 Å². The molecule has 0 aromatic carbocycles.